The number of carboxylic acids is 1. The van der Waals surface area contributed by atoms with E-state index in [1.54, 1.807) is 0 Å². The van der Waals surface area contributed by atoms with Crippen molar-refractivity contribution in [3.63, 3.8) is 0 Å². The number of carbonyl (C=O) groups is 3. The molecule has 0 radical (unpaired) electrons. The average molecular weight is 999 g/mol. The van der Waals surface area contributed by atoms with E-state index in [1.807, 2.05) is 21.1 Å². The monoisotopic (exact) mass is 998 g/mol. The van der Waals surface area contributed by atoms with E-state index in [1.165, 1.54) is 161 Å². The second-order valence-electron chi connectivity index (χ2n) is 20.9. The van der Waals surface area contributed by atoms with Gasteiger partial charge in [-0.1, -0.05) is 248 Å². The first-order valence-corrected chi connectivity index (χ1v) is 29.4. The number of ether oxygens (including phenoxy) is 4. The van der Waals surface area contributed by atoms with Crippen LogP contribution in [0.3, 0.4) is 0 Å². The van der Waals surface area contributed by atoms with Crippen molar-refractivity contribution in [2.45, 2.75) is 270 Å². The summed E-state index contributed by atoms with van der Waals surface area (Å²) in [4.78, 5) is 37.1. The topological polar surface area (TPSA) is 111 Å². The molecule has 71 heavy (non-hydrogen) atoms. The maximum absolute atomic E-state index is 12.8. The Balaban J connectivity index is 3.93. The number of rotatable bonds is 54. The van der Waals surface area contributed by atoms with Crippen LogP contribution in [0.4, 0.5) is 0 Å². The van der Waals surface area contributed by atoms with Crippen LogP contribution in [0.5, 0.6) is 0 Å². The lowest BCUT2D eigenvalue weighted by Crippen LogP contribution is -2.44. The van der Waals surface area contributed by atoms with Crippen molar-refractivity contribution < 1.29 is 42.9 Å². The minimum absolute atomic E-state index is 0.149. The molecule has 9 nitrogen and oxygen atoms in total. The van der Waals surface area contributed by atoms with Crippen molar-refractivity contribution in [1.29, 1.82) is 0 Å². The minimum Gasteiger partial charge on any atom is -0.545 e. The first-order valence-electron chi connectivity index (χ1n) is 29.4. The summed E-state index contributed by atoms with van der Waals surface area (Å²) in [5, 5.41) is 11.7. The summed E-state index contributed by atoms with van der Waals surface area (Å²) in [7, 11) is 5.92. The van der Waals surface area contributed by atoms with Crippen molar-refractivity contribution in [2.75, 3.05) is 47.5 Å². The number of esters is 2. The van der Waals surface area contributed by atoms with Crippen molar-refractivity contribution in [1.82, 2.24) is 0 Å². The zero-order valence-corrected chi connectivity index (χ0v) is 46.8. The average Bonchev–Trinajstić information content (AvgIpc) is 3.34. The Morgan fingerprint density at radius 1 is 0.437 bits per heavy atom. The second-order valence-corrected chi connectivity index (χ2v) is 20.9. The first kappa shape index (κ1) is 68.0. The number of carbonyl (C=O) groups excluding carboxylic acids is 3. The molecular weight excluding hydrogens is 887 g/mol. The predicted molar refractivity (Wildman–Crippen MR) is 297 cm³/mol. The van der Waals surface area contributed by atoms with Gasteiger partial charge in [0.15, 0.2) is 12.4 Å². The largest absolute Gasteiger partial charge is 0.545 e. The fraction of sp³-hybridized carbons (Fsp3) is 0.790. The van der Waals surface area contributed by atoms with E-state index < -0.39 is 24.3 Å². The van der Waals surface area contributed by atoms with Crippen LogP contribution in [-0.4, -0.2) is 82.3 Å². The normalized spacial score (nSPS) is 13.2. The third kappa shape index (κ3) is 54.6. The first-order chi connectivity index (χ1) is 34.6. The summed E-state index contributed by atoms with van der Waals surface area (Å²) in [5.41, 5.74) is 0. The molecule has 0 aliphatic carbocycles. The van der Waals surface area contributed by atoms with Gasteiger partial charge in [-0.05, 0) is 57.8 Å². The van der Waals surface area contributed by atoms with E-state index >= 15 is 0 Å². The van der Waals surface area contributed by atoms with Gasteiger partial charge >= 0.3 is 11.9 Å². The molecule has 0 aromatic carbocycles. The third-order valence-corrected chi connectivity index (χ3v) is 12.8. The molecule has 0 rings (SSSR count). The van der Waals surface area contributed by atoms with Crippen LogP contribution < -0.4 is 5.11 Å². The van der Waals surface area contributed by atoms with Crippen molar-refractivity contribution in [2.24, 2.45) is 0 Å². The molecular formula is C62H111NO8. The van der Waals surface area contributed by atoms with E-state index in [2.05, 4.69) is 74.6 Å². The van der Waals surface area contributed by atoms with Crippen molar-refractivity contribution in [3.8, 4) is 0 Å². The fourth-order valence-electron chi connectivity index (χ4n) is 8.27. The van der Waals surface area contributed by atoms with E-state index in [9.17, 15) is 19.5 Å². The molecule has 0 aromatic heterocycles. The molecule has 0 aromatic rings. The van der Waals surface area contributed by atoms with Gasteiger partial charge < -0.3 is 33.3 Å². The Labute approximate surface area is 437 Å². The van der Waals surface area contributed by atoms with Gasteiger partial charge in [0.2, 0.25) is 0 Å². The summed E-state index contributed by atoms with van der Waals surface area (Å²) < 4.78 is 22.6. The molecule has 2 atom stereocenters. The summed E-state index contributed by atoms with van der Waals surface area (Å²) >= 11 is 0. The predicted octanol–water partition coefficient (Wildman–Crippen LogP) is 15.9. The zero-order valence-electron chi connectivity index (χ0n) is 46.8. The molecule has 0 amide bonds. The number of hydrogen-bond donors (Lipinski definition) is 0. The van der Waals surface area contributed by atoms with Crippen LogP contribution >= 0.6 is 0 Å². The van der Waals surface area contributed by atoms with Gasteiger partial charge in [-0.25, -0.2) is 0 Å². The van der Waals surface area contributed by atoms with Gasteiger partial charge in [-0.2, -0.15) is 0 Å². The molecule has 0 heterocycles. The van der Waals surface area contributed by atoms with E-state index in [0.717, 1.165) is 64.2 Å². The molecule has 0 bridgehead atoms. The van der Waals surface area contributed by atoms with E-state index in [4.69, 9.17) is 18.9 Å². The number of hydrogen-bond acceptors (Lipinski definition) is 8. The van der Waals surface area contributed by atoms with Gasteiger partial charge in [0.1, 0.15) is 13.2 Å². The number of quaternary nitrogens is 1. The number of nitrogens with zero attached hydrogens (tertiary/aromatic N) is 1. The number of allylic oxidation sites excluding steroid dienone is 10. The van der Waals surface area contributed by atoms with Gasteiger partial charge in [0.25, 0.3) is 0 Å². The number of carboxylic acid groups (broad SMARTS) is 1. The van der Waals surface area contributed by atoms with E-state index in [-0.39, 0.29) is 32.2 Å². The molecule has 0 aliphatic rings. The highest BCUT2D eigenvalue weighted by Gasteiger charge is 2.22. The highest BCUT2D eigenvalue weighted by molar-refractivity contribution is 5.70. The standard InChI is InChI=1S/C62H111NO8/c1-6-8-10-12-14-16-17-18-19-20-21-22-23-24-25-26-27-28-29-30-31-32-33-34-35-36-37-38-39-40-41-42-43-45-47-49-51-53-60(65)71-58(57-70-62(61(66)67)68-55-54-63(3,4)5)56-69-59(64)52-50-48-46-44-15-13-11-9-7-2/h8,10,14,16,18-19,21-22,24-25,58,62H,6-7,9,11-13,15,17,20,23,26-57H2,1-5H3/b10-8-,16-14-,19-18-,22-21-,25-24-. The maximum atomic E-state index is 12.8. The Morgan fingerprint density at radius 3 is 1.20 bits per heavy atom. The molecule has 0 N–H and O–H groups in total. The van der Waals surface area contributed by atoms with Crippen LogP contribution in [0.2, 0.25) is 0 Å². The Morgan fingerprint density at radius 2 is 0.803 bits per heavy atom. The summed E-state index contributed by atoms with van der Waals surface area (Å²) in [6.07, 6.45) is 64.5. The Kier molecular flexibility index (Phi) is 51.0. The molecule has 0 saturated carbocycles. The highest BCUT2D eigenvalue weighted by Crippen LogP contribution is 2.17. The fourth-order valence-corrected chi connectivity index (χ4v) is 8.27. The molecule has 0 aliphatic heterocycles. The van der Waals surface area contributed by atoms with Crippen molar-refractivity contribution in [3.05, 3.63) is 60.8 Å². The maximum Gasteiger partial charge on any atom is 0.306 e. The summed E-state index contributed by atoms with van der Waals surface area (Å²) in [6.45, 7) is 4.62. The Hall–Kier alpha value is -3.01. The van der Waals surface area contributed by atoms with E-state index in [0.29, 0.717) is 23.9 Å². The number of likely N-dealkylation sites (N-methyl/N-ethyl adjacent to an activating group) is 1. The molecule has 0 saturated heterocycles. The van der Waals surface area contributed by atoms with Crippen LogP contribution in [-0.2, 0) is 33.3 Å². The SMILES string of the molecule is CC/C=C\C/C=C\C/C=C\C/C=C\C/C=C\CCCCCCCCCCCCCCCCCCCCCCCC(=O)OC(COC(=O)CCCCCCCCCCC)COC(OCC[N+](C)(C)C)C(=O)[O-]. The molecule has 412 valence electrons. The van der Waals surface area contributed by atoms with Gasteiger partial charge in [-0.15, -0.1) is 0 Å². The molecule has 0 spiro atoms. The Bertz CT molecular complexity index is 1350. The quantitative estimate of drug-likeness (QED) is 0.0195. The van der Waals surface area contributed by atoms with Crippen LogP contribution in [0, 0.1) is 0 Å². The van der Waals surface area contributed by atoms with Gasteiger partial charge in [-0.3, -0.25) is 9.59 Å². The lowest BCUT2D eigenvalue weighted by Gasteiger charge is -2.26. The highest BCUT2D eigenvalue weighted by atomic mass is 16.7. The van der Waals surface area contributed by atoms with Gasteiger partial charge in [0, 0.05) is 12.8 Å². The summed E-state index contributed by atoms with van der Waals surface area (Å²) in [6, 6.07) is 0. The second kappa shape index (κ2) is 53.3. The number of unbranched alkanes of at least 4 members (excludes halogenated alkanes) is 29. The summed E-state index contributed by atoms with van der Waals surface area (Å²) in [5.74, 6) is -2.27. The lowest BCUT2D eigenvalue weighted by atomic mass is 10.0. The third-order valence-electron chi connectivity index (χ3n) is 12.8. The van der Waals surface area contributed by atoms with Crippen LogP contribution in [0.15, 0.2) is 60.8 Å². The van der Waals surface area contributed by atoms with Crippen LogP contribution in [0.1, 0.15) is 258 Å². The zero-order chi connectivity index (χ0) is 52.0. The van der Waals surface area contributed by atoms with Gasteiger partial charge in [0.05, 0.1) is 40.3 Å². The molecule has 2 unspecified atom stereocenters. The number of aliphatic carboxylic acids is 1. The van der Waals surface area contributed by atoms with Crippen LogP contribution in [0.25, 0.3) is 0 Å². The molecule has 0 fully saturated rings. The van der Waals surface area contributed by atoms with Crippen molar-refractivity contribution >= 4 is 17.9 Å². The minimum atomic E-state index is -1.62. The molecule has 9 heteroatoms. The smallest absolute Gasteiger partial charge is 0.306 e. The lowest BCUT2D eigenvalue weighted by molar-refractivity contribution is -0.870.